The van der Waals surface area contributed by atoms with Crippen LogP contribution >= 0.6 is 12.4 Å². The summed E-state index contributed by atoms with van der Waals surface area (Å²) in [6.45, 7) is 2.10. The van der Waals surface area contributed by atoms with Gasteiger partial charge in [0.05, 0.1) is 12.6 Å². The van der Waals surface area contributed by atoms with Gasteiger partial charge in [0.25, 0.3) is 0 Å². The van der Waals surface area contributed by atoms with Crippen molar-refractivity contribution >= 4 is 18.3 Å². The minimum absolute atomic E-state index is 0. The normalized spacial score (nSPS) is 20.8. The number of likely N-dealkylation sites (tertiary alicyclic amines) is 1. The Kier molecular flexibility index (Phi) is 6.10. The summed E-state index contributed by atoms with van der Waals surface area (Å²) in [6.07, 6.45) is 1.91. The highest BCUT2D eigenvalue weighted by molar-refractivity contribution is 5.85. The highest BCUT2D eigenvalue weighted by atomic mass is 35.5. The Morgan fingerprint density at radius 1 is 1.39 bits per heavy atom. The number of methoxy groups -OCH3 is 1. The van der Waals surface area contributed by atoms with Crippen LogP contribution in [0.25, 0.3) is 0 Å². The van der Waals surface area contributed by atoms with Gasteiger partial charge in [-0.15, -0.1) is 12.4 Å². The molecular weight excluding hydrogens is 320 g/mol. The summed E-state index contributed by atoms with van der Waals surface area (Å²) < 4.78 is 16.2. The Balaban J connectivity index is 0.00000192. The van der Waals surface area contributed by atoms with E-state index in [1.165, 1.54) is 0 Å². The van der Waals surface area contributed by atoms with E-state index in [2.05, 4.69) is 0 Å². The van der Waals surface area contributed by atoms with Crippen molar-refractivity contribution in [2.75, 3.05) is 33.5 Å². The van der Waals surface area contributed by atoms with Crippen LogP contribution in [0.4, 0.5) is 0 Å². The molecule has 2 N–H and O–H groups in total. The van der Waals surface area contributed by atoms with Gasteiger partial charge in [0.1, 0.15) is 19.3 Å². The number of hydrogen-bond donors (Lipinski definition) is 1. The summed E-state index contributed by atoms with van der Waals surface area (Å²) in [6, 6.07) is 5.34. The first kappa shape index (κ1) is 17.8. The molecule has 2 heterocycles. The Morgan fingerprint density at radius 3 is 2.87 bits per heavy atom. The van der Waals surface area contributed by atoms with Gasteiger partial charge in [0, 0.05) is 13.7 Å². The SMILES string of the molecule is COCC(N)C(=O)N1CCCC1c1ccc2c(c1)OCCO2.Cl. The van der Waals surface area contributed by atoms with Crippen molar-refractivity contribution in [2.45, 2.75) is 24.9 Å². The van der Waals surface area contributed by atoms with Crippen molar-refractivity contribution in [3.63, 3.8) is 0 Å². The zero-order valence-electron chi connectivity index (χ0n) is 13.2. The number of nitrogens with zero attached hydrogens (tertiary/aromatic N) is 1. The van der Waals surface area contributed by atoms with Crippen LogP contribution < -0.4 is 15.2 Å². The number of carbonyl (C=O) groups excluding carboxylic acids is 1. The Labute approximate surface area is 142 Å². The van der Waals surface area contributed by atoms with Gasteiger partial charge in [-0.25, -0.2) is 0 Å². The fourth-order valence-corrected chi connectivity index (χ4v) is 3.11. The number of halogens is 1. The number of carbonyl (C=O) groups is 1. The third-order valence-electron chi connectivity index (χ3n) is 4.15. The van der Waals surface area contributed by atoms with Crippen molar-refractivity contribution in [3.05, 3.63) is 23.8 Å². The van der Waals surface area contributed by atoms with Crippen LogP contribution in [-0.4, -0.2) is 50.3 Å². The molecule has 3 rings (SSSR count). The van der Waals surface area contributed by atoms with E-state index in [1.807, 2.05) is 23.1 Å². The minimum Gasteiger partial charge on any atom is -0.486 e. The highest BCUT2D eigenvalue weighted by Gasteiger charge is 2.33. The summed E-state index contributed by atoms with van der Waals surface area (Å²) >= 11 is 0. The Morgan fingerprint density at radius 2 is 2.13 bits per heavy atom. The third kappa shape index (κ3) is 3.71. The molecule has 1 aromatic carbocycles. The van der Waals surface area contributed by atoms with Gasteiger partial charge in [0.15, 0.2) is 11.5 Å². The highest BCUT2D eigenvalue weighted by Crippen LogP contribution is 2.38. The average molecular weight is 343 g/mol. The largest absolute Gasteiger partial charge is 0.486 e. The van der Waals surface area contributed by atoms with Crippen LogP contribution in [0.5, 0.6) is 11.5 Å². The maximum Gasteiger partial charge on any atom is 0.242 e. The van der Waals surface area contributed by atoms with Crippen LogP contribution in [-0.2, 0) is 9.53 Å². The molecule has 7 heteroatoms. The molecule has 0 aliphatic carbocycles. The maximum absolute atomic E-state index is 12.5. The lowest BCUT2D eigenvalue weighted by molar-refractivity contribution is -0.134. The quantitative estimate of drug-likeness (QED) is 0.898. The molecule has 1 saturated heterocycles. The molecule has 6 nitrogen and oxygen atoms in total. The van der Waals surface area contributed by atoms with Gasteiger partial charge in [-0.2, -0.15) is 0 Å². The van der Waals surface area contributed by atoms with Crippen molar-refractivity contribution in [1.29, 1.82) is 0 Å². The molecule has 0 spiro atoms. The number of amides is 1. The first-order chi connectivity index (χ1) is 10.7. The lowest BCUT2D eigenvalue weighted by Gasteiger charge is -2.28. The Hall–Kier alpha value is -1.50. The lowest BCUT2D eigenvalue weighted by Crippen LogP contribution is -2.45. The van der Waals surface area contributed by atoms with Crippen LogP contribution in [0.3, 0.4) is 0 Å². The zero-order chi connectivity index (χ0) is 15.5. The minimum atomic E-state index is -0.609. The molecule has 0 saturated carbocycles. The second-order valence-electron chi connectivity index (χ2n) is 5.65. The lowest BCUT2D eigenvalue weighted by atomic mass is 10.0. The number of hydrogen-bond acceptors (Lipinski definition) is 5. The predicted molar refractivity (Wildman–Crippen MR) is 88.2 cm³/mol. The fraction of sp³-hybridized carbons (Fsp3) is 0.562. The van der Waals surface area contributed by atoms with E-state index in [0.29, 0.717) is 13.2 Å². The smallest absolute Gasteiger partial charge is 0.242 e. The molecule has 1 aromatic rings. The zero-order valence-corrected chi connectivity index (χ0v) is 14.0. The fourth-order valence-electron chi connectivity index (χ4n) is 3.11. The predicted octanol–water partition coefficient (Wildman–Crippen LogP) is 1.52. The number of benzene rings is 1. The van der Waals surface area contributed by atoms with Gasteiger partial charge >= 0.3 is 0 Å². The second-order valence-corrected chi connectivity index (χ2v) is 5.65. The van der Waals surface area contributed by atoms with E-state index >= 15 is 0 Å². The topological polar surface area (TPSA) is 74.0 Å². The molecule has 0 aromatic heterocycles. The summed E-state index contributed by atoms with van der Waals surface area (Å²) in [5.41, 5.74) is 6.97. The van der Waals surface area contributed by atoms with E-state index in [4.69, 9.17) is 19.9 Å². The molecule has 1 amide bonds. The van der Waals surface area contributed by atoms with Crippen molar-refractivity contribution in [2.24, 2.45) is 5.73 Å². The first-order valence-electron chi connectivity index (χ1n) is 7.65. The number of rotatable bonds is 4. The average Bonchev–Trinajstić information content (AvgIpc) is 3.03. The van der Waals surface area contributed by atoms with Gasteiger partial charge < -0.3 is 24.8 Å². The number of ether oxygens (including phenoxy) is 3. The monoisotopic (exact) mass is 342 g/mol. The first-order valence-corrected chi connectivity index (χ1v) is 7.65. The molecule has 23 heavy (non-hydrogen) atoms. The van der Waals surface area contributed by atoms with E-state index in [9.17, 15) is 4.79 Å². The van der Waals surface area contributed by atoms with Crippen LogP contribution in [0.1, 0.15) is 24.4 Å². The summed E-state index contributed by atoms with van der Waals surface area (Å²) in [7, 11) is 1.55. The van der Waals surface area contributed by atoms with Crippen molar-refractivity contribution < 1.29 is 19.0 Å². The van der Waals surface area contributed by atoms with Gasteiger partial charge in [-0.1, -0.05) is 6.07 Å². The molecule has 0 bridgehead atoms. The van der Waals surface area contributed by atoms with Crippen LogP contribution in [0.15, 0.2) is 18.2 Å². The van der Waals surface area contributed by atoms with Gasteiger partial charge in [-0.05, 0) is 30.5 Å². The standard InChI is InChI=1S/C16H22N2O4.ClH/c1-20-10-12(17)16(19)18-6-2-3-13(18)11-4-5-14-15(9-11)22-8-7-21-14;/h4-5,9,12-13H,2-3,6-8,10,17H2,1H3;1H. The third-order valence-corrected chi connectivity index (χ3v) is 4.15. The molecule has 2 atom stereocenters. The molecule has 128 valence electrons. The van der Waals surface area contributed by atoms with Crippen LogP contribution in [0.2, 0.25) is 0 Å². The Bertz CT molecular complexity index is 555. The van der Waals surface area contributed by atoms with E-state index in [1.54, 1.807) is 7.11 Å². The second kappa shape index (κ2) is 7.86. The molecule has 0 radical (unpaired) electrons. The number of nitrogens with two attached hydrogens (primary N) is 1. The van der Waals surface area contributed by atoms with Crippen LogP contribution in [0, 0.1) is 0 Å². The van der Waals surface area contributed by atoms with E-state index in [0.717, 1.165) is 36.4 Å². The summed E-state index contributed by atoms with van der Waals surface area (Å²) in [4.78, 5) is 14.3. The summed E-state index contributed by atoms with van der Waals surface area (Å²) in [5, 5.41) is 0. The molecule has 2 aliphatic rings. The molecule has 2 aliphatic heterocycles. The van der Waals surface area contributed by atoms with Gasteiger partial charge in [0.2, 0.25) is 5.91 Å². The van der Waals surface area contributed by atoms with E-state index < -0.39 is 6.04 Å². The van der Waals surface area contributed by atoms with Gasteiger partial charge in [-0.3, -0.25) is 4.79 Å². The molecule has 1 fully saturated rings. The van der Waals surface area contributed by atoms with Crippen molar-refractivity contribution in [3.8, 4) is 11.5 Å². The maximum atomic E-state index is 12.5. The molecule has 2 unspecified atom stereocenters. The molecular formula is C16H23ClN2O4. The summed E-state index contributed by atoms with van der Waals surface area (Å²) in [5.74, 6) is 1.46. The number of fused-ring (bicyclic) bond motifs is 1. The van der Waals surface area contributed by atoms with E-state index in [-0.39, 0.29) is 31.0 Å². The van der Waals surface area contributed by atoms with Crippen molar-refractivity contribution in [1.82, 2.24) is 4.90 Å².